The van der Waals surface area contributed by atoms with Crippen LogP contribution < -0.4 is 5.32 Å². The highest BCUT2D eigenvalue weighted by Crippen LogP contribution is 2.38. The van der Waals surface area contributed by atoms with Gasteiger partial charge in [0, 0.05) is 24.4 Å². The third-order valence-electron chi connectivity index (χ3n) is 4.37. The van der Waals surface area contributed by atoms with Gasteiger partial charge < -0.3 is 9.84 Å². The van der Waals surface area contributed by atoms with Gasteiger partial charge in [0.1, 0.15) is 17.8 Å². The Hall–Kier alpha value is -3.03. The maximum absolute atomic E-state index is 12.0. The number of hydrogen-bond acceptors (Lipinski definition) is 6. The molecule has 0 unspecified atom stereocenters. The Bertz CT molecular complexity index is 921. The smallest absolute Gasteiger partial charge is 0.271 e. The summed E-state index contributed by atoms with van der Waals surface area (Å²) in [5.74, 6) is 2.24. The SMILES string of the molecule is O=C(NC1CC1)c1cn(-c2ccc(-c3nc(C4CC4)no3)cn2)cn1. The van der Waals surface area contributed by atoms with E-state index in [1.807, 2.05) is 12.1 Å². The molecule has 0 aliphatic heterocycles. The normalized spacial score (nSPS) is 16.8. The van der Waals surface area contributed by atoms with Crippen LogP contribution in [0.1, 0.15) is 47.9 Å². The average molecular weight is 336 g/mol. The molecule has 5 rings (SSSR count). The van der Waals surface area contributed by atoms with E-state index in [1.165, 1.54) is 0 Å². The molecule has 3 heterocycles. The van der Waals surface area contributed by atoms with Gasteiger partial charge in [0.25, 0.3) is 11.8 Å². The molecule has 0 aromatic carbocycles. The number of rotatable bonds is 5. The Morgan fingerprint density at radius 2 is 2.08 bits per heavy atom. The Balaban J connectivity index is 1.34. The van der Waals surface area contributed by atoms with Crippen molar-refractivity contribution in [1.82, 2.24) is 30.0 Å². The lowest BCUT2D eigenvalue weighted by Gasteiger charge is -2.01. The van der Waals surface area contributed by atoms with Gasteiger partial charge in [-0.3, -0.25) is 9.36 Å². The average Bonchev–Trinajstić information content (AvgIpc) is 3.55. The highest BCUT2D eigenvalue weighted by atomic mass is 16.5. The molecule has 1 N–H and O–H groups in total. The number of carbonyl (C=O) groups is 1. The molecule has 1 amide bonds. The number of amides is 1. The van der Waals surface area contributed by atoms with Crippen molar-refractivity contribution in [1.29, 1.82) is 0 Å². The first-order chi connectivity index (χ1) is 12.3. The van der Waals surface area contributed by atoms with Gasteiger partial charge in [-0.25, -0.2) is 9.97 Å². The van der Waals surface area contributed by atoms with Gasteiger partial charge in [-0.05, 0) is 37.8 Å². The quantitative estimate of drug-likeness (QED) is 0.766. The summed E-state index contributed by atoms with van der Waals surface area (Å²) < 4.78 is 7.02. The van der Waals surface area contributed by atoms with Crippen LogP contribution in [0.2, 0.25) is 0 Å². The second-order valence-electron chi connectivity index (χ2n) is 6.55. The fourth-order valence-electron chi connectivity index (χ4n) is 2.58. The topological polar surface area (TPSA) is 98.7 Å². The van der Waals surface area contributed by atoms with Gasteiger partial charge in [0.2, 0.25) is 0 Å². The molecule has 0 saturated heterocycles. The van der Waals surface area contributed by atoms with Crippen LogP contribution in [0.15, 0.2) is 35.4 Å². The summed E-state index contributed by atoms with van der Waals surface area (Å²) in [6.07, 6.45) is 9.31. The van der Waals surface area contributed by atoms with Crippen molar-refractivity contribution in [3.63, 3.8) is 0 Å². The van der Waals surface area contributed by atoms with Crippen LogP contribution in [0.3, 0.4) is 0 Å². The largest absolute Gasteiger partial charge is 0.348 e. The zero-order chi connectivity index (χ0) is 16.8. The van der Waals surface area contributed by atoms with Crippen molar-refractivity contribution in [2.45, 2.75) is 37.6 Å². The Morgan fingerprint density at radius 1 is 1.20 bits per heavy atom. The number of aromatic nitrogens is 5. The van der Waals surface area contributed by atoms with Gasteiger partial charge in [0.05, 0.1) is 5.56 Å². The predicted octanol–water partition coefficient (Wildman–Crippen LogP) is 2.09. The van der Waals surface area contributed by atoms with Gasteiger partial charge >= 0.3 is 0 Å². The van der Waals surface area contributed by atoms with Crippen molar-refractivity contribution in [2.75, 3.05) is 0 Å². The lowest BCUT2D eigenvalue weighted by atomic mass is 10.3. The number of carbonyl (C=O) groups excluding carboxylic acids is 1. The summed E-state index contributed by atoms with van der Waals surface area (Å²) in [6, 6.07) is 4.02. The number of pyridine rings is 1. The second kappa shape index (κ2) is 5.51. The molecule has 2 saturated carbocycles. The maximum atomic E-state index is 12.0. The molecular formula is C17H16N6O2. The number of nitrogens with zero attached hydrogens (tertiary/aromatic N) is 5. The van der Waals surface area contributed by atoms with Crippen molar-refractivity contribution in [3.8, 4) is 17.3 Å². The van der Waals surface area contributed by atoms with E-state index in [0.717, 1.165) is 37.1 Å². The molecule has 25 heavy (non-hydrogen) atoms. The molecule has 8 heteroatoms. The van der Waals surface area contributed by atoms with Crippen molar-refractivity contribution in [3.05, 3.63) is 42.4 Å². The summed E-state index contributed by atoms with van der Waals surface area (Å²) in [4.78, 5) is 25.0. The van der Waals surface area contributed by atoms with Crippen LogP contribution in [0.25, 0.3) is 17.3 Å². The highest BCUT2D eigenvalue weighted by molar-refractivity contribution is 5.92. The molecule has 2 fully saturated rings. The van der Waals surface area contributed by atoms with E-state index in [2.05, 4.69) is 25.4 Å². The molecule has 126 valence electrons. The van der Waals surface area contributed by atoms with Gasteiger partial charge in [0.15, 0.2) is 5.82 Å². The minimum absolute atomic E-state index is 0.142. The van der Waals surface area contributed by atoms with E-state index in [0.29, 0.717) is 29.4 Å². The third-order valence-corrected chi connectivity index (χ3v) is 4.37. The summed E-state index contributed by atoms with van der Waals surface area (Å²) in [7, 11) is 0. The van der Waals surface area contributed by atoms with E-state index in [9.17, 15) is 4.79 Å². The first kappa shape index (κ1) is 14.3. The number of nitrogens with one attached hydrogen (secondary N) is 1. The van der Waals surface area contributed by atoms with Gasteiger partial charge in [-0.1, -0.05) is 5.16 Å². The molecule has 0 spiro atoms. The lowest BCUT2D eigenvalue weighted by molar-refractivity contribution is 0.0946. The van der Waals surface area contributed by atoms with E-state index in [4.69, 9.17) is 4.52 Å². The zero-order valence-corrected chi connectivity index (χ0v) is 13.4. The molecule has 2 aliphatic carbocycles. The van der Waals surface area contributed by atoms with Crippen LogP contribution in [0.4, 0.5) is 0 Å². The number of hydrogen-bond donors (Lipinski definition) is 1. The Kier molecular flexibility index (Phi) is 3.16. The summed E-state index contributed by atoms with van der Waals surface area (Å²) >= 11 is 0. The molecule has 2 aliphatic rings. The zero-order valence-electron chi connectivity index (χ0n) is 13.4. The first-order valence-corrected chi connectivity index (χ1v) is 8.41. The Morgan fingerprint density at radius 3 is 2.80 bits per heavy atom. The van der Waals surface area contributed by atoms with Crippen molar-refractivity contribution in [2.24, 2.45) is 0 Å². The molecule has 3 aromatic heterocycles. The molecular weight excluding hydrogens is 320 g/mol. The van der Waals surface area contributed by atoms with Crippen LogP contribution >= 0.6 is 0 Å². The first-order valence-electron chi connectivity index (χ1n) is 8.41. The fraction of sp³-hybridized carbons (Fsp3) is 0.353. The minimum Gasteiger partial charge on any atom is -0.348 e. The van der Waals surface area contributed by atoms with Crippen LogP contribution in [0.5, 0.6) is 0 Å². The van der Waals surface area contributed by atoms with E-state index < -0.39 is 0 Å². The van der Waals surface area contributed by atoms with Crippen molar-refractivity contribution >= 4 is 5.91 Å². The summed E-state index contributed by atoms with van der Waals surface area (Å²) in [6.45, 7) is 0. The second-order valence-corrected chi connectivity index (χ2v) is 6.55. The Labute approximate surface area is 143 Å². The highest BCUT2D eigenvalue weighted by Gasteiger charge is 2.29. The van der Waals surface area contributed by atoms with E-state index >= 15 is 0 Å². The monoisotopic (exact) mass is 336 g/mol. The lowest BCUT2D eigenvalue weighted by Crippen LogP contribution is -2.25. The third kappa shape index (κ3) is 2.90. The van der Waals surface area contributed by atoms with Gasteiger partial charge in [-0.15, -0.1) is 0 Å². The van der Waals surface area contributed by atoms with Crippen LogP contribution in [0, 0.1) is 0 Å². The summed E-state index contributed by atoms with van der Waals surface area (Å²) in [5.41, 5.74) is 1.17. The van der Waals surface area contributed by atoms with Gasteiger partial charge in [-0.2, -0.15) is 4.98 Å². The molecule has 3 aromatic rings. The molecule has 0 radical (unpaired) electrons. The van der Waals surface area contributed by atoms with Crippen molar-refractivity contribution < 1.29 is 9.32 Å². The minimum atomic E-state index is -0.142. The van der Waals surface area contributed by atoms with Crippen LogP contribution in [-0.4, -0.2) is 36.6 Å². The van der Waals surface area contributed by atoms with Crippen LogP contribution in [-0.2, 0) is 0 Å². The maximum Gasteiger partial charge on any atom is 0.271 e. The van der Waals surface area contributed by atoms with E-state index in [1.54, 1.807) is 23.3 Å². The molecule has 0 bridgehead atoms. The standard InChI is InChI=1S/C17H16N6O2/c24-16(20-12-4-5-12)13-8-23(9-19-13)14-6-3-11(7-18-14)17-21-15(22-25-17)10-1-2-10/h3,6-10,12H,1-2,4-5H2,(H,20,24). The fourth-order valence-corrected chi connectivity index (χ4v) is 2.58. The predicted molar refractivity (Wildman–Crippen MR) is 87.1 cm³/mol. The molecule has 8 nitrogen and oxygen atoms in total. The number of imidazole rings is 1. The molecule has 0 atom stereocenters. The summed E-state index contributed by atoms with van der Waals surface area (Å²) in [5, 5.41) is 6.93. The van der Waals surface area contributed by atoms with E-state index in [-0.39, 0.29) is 5.91 Å².